The first-order chi connectivity index (χ1) is 16.7. The number of ether oxygens (including phenoxy) is 1. The fourth-order valence-corrected chi connectivity index (χ4v) is 11.0. The molecule has 8 atom stereocenters. The molecule has 5 rings (SSSR count). The van der Waals surface area contributed by atoms with E-state index in [9.17, 15) is 0 Å². The summed E-state index contributed by atoms with van der Waals surface area (Å²) in [5.74, 6) is 4.31. The van der Waals surface area contributed by atoms with Gasteiger partial charge in [-0.2, -0.15) is 0 Å². The quantitative estimate of drug-likeness (QED) is 0.192. The Kier molecular flexibility index (Phi) is 7.03. The topological polar surface area (TPSA) is 21.8 Å². The van der Waals surface area contributed by atoms with E-state index in [-0.39, 0.29) is 5.60 Å². The molecule has 3 saturated carbocycles. The highest BCUT2D eigenvalue weighted by Gasteiger charge is 2.65. The first kappa shape index (κ1) is 27.4. The van der Waals surface area contributed by atoms with Crippen molar-refractivity contribution in [3.8, 4) is 0 Å². The Bertz CT molecular complexity index is 848. The number of fused-ring (bicyclic) bond motifs is 5. The fraction of sp³-hybridized carbons (Fsp3) is 0.939. The summed E-state index contributed by atoms with van der Waals surface area (Å²) in [6.07, 6.45) is 18.1. The lowest BCUT2D eigenvalue weighted by molar-refractivity contribution is -0.0613. The molecule has 0 aromatic carbocycles. The van der Waals surface area contributed by atoms with Gasteiger partial charge in [0.2, 0.25) is 0 Å². The number of hydrogen-bond donors (Lipinski definition) is 0. The van der Waals surface area contributed by atoms with Gasteiger partial charge < -0.3 is 9.16 Å². The maximum Gasteiger partial charge on any atom is 0.192 e. The fourth-order valence-electron chi connectivity index (χ4n) is 9.61. The molecule has 0 amide bonds. The SMILES string of the molecule is CC(C)CCC[C@@]1([C@H]2CC[C@H]3[C@@H]4CC=C5CC(O[Si](C)(C)C(C)(C)C)CC[C@]5(C)[C@H]4CC[C@]23C)CO1. The van der Waals surface area contributed by atoms with Crippen LogP contribution in [0.4, 0.5) is 0 Å². The van der Waals surface area contributed by atoms with Crippen LogP contribution in [0.1, 0.15) is 119 Å². The lowest BCUT2D eigenvalue weighted by atomic mass is 9.47. The molecule has 0 N–H and O–H groups in total. The van der Waals surface area contributed by atoms with Crippen LogP contribution in [0, 0.1) is 40.4 Å². The molecular weight excluding hydrogens is 456 g/mol. The van der Waals surface area contributed by atoms with E-state index < -0.39 is 8.32 Å². The summed E-state index contributed by atoms with van der Waals surface area (Å²) < 4.78 is 13.3. The second-order valence-electron chi connectivity index (χ2n) is 16.3. The molecule has 0 aromatic rings. The maximum atomic E-state index is 6.95. The third kappa shape index (κ3) is 4.53. The minimum absolute atomic E-state index is 0.240. The molecule has 36 heavy (non-hydrogen) atoms. The molecule has 3 heteroatoms. The van der Waals surface area contributed by atoms with Crippen LogP contribution < -0.4 is 0 Å². The lowest BCUT2D eigenvalue weighted by Gasteiger charge is -2.59. The lowest BCUT2D eigenvalue weighted by Crippen LogP contribution is -2.52. The predicted octanol–water partition coefficient (Wildman–Crippen LogP) is 9.55. The van der Waals surface area contributed by atoms with Gasteiger partial charge in [-0.1, -0.05) is 73.0 Å². The van der Waals surface area contributed by atoms with Crippen molar-refractivity contribution in [1.82, 2.24) is 0 Å². The predicted molar refractivity (Wildman–Crippen MR) is 155 cm³/mol. The summed E-state index contributed by atoms with van der Waals surface area (Å²) >= 11 is 0. The van der Waals surface area contributed by atoms with Crippen molar-refractivity contribution >= 4 is 8.32 Å². The van der Waals surface area contributed by atoms with Crippen LogP contribution in [-0.4, -0.2) is 26.6 Å². The zero-order chi connectivity index (χ0) is 26.1. The maximum absolute atomic E-state index is 6.95. The van der Waals surface area contributed by atoms with Gasteiger partial charge in [-0.15, -0.1) is 0 Å². The molecule has 1 saturated heterocycles. The largest absolute Gasteiger partial charge is 0.414 e. The van der Waals surface area contributed by atoms with Crippen LogP contribution >= 0.6 is 0 Å². The van der Waals surface area contributed by atoms with Gasteiger partial charge in [0.15, 0.2) is 8.32 Å². The Hall–Kier alpha value is -0.123. The molecule has 1 aliphatic heterocycles. The normalized spacial score (nSPS) is 44.6. The summed E-state index contributed by atoms with van der Waals surface area (Å²) in [7, 11) is -1.71. The van der Waals surface area contributed by atoms with Gasteiger partial charge in [-0.05, 0) is 116 Å². The molecular formula is C33H58O2Si. The van der Waals surface area contributed by atoms with E-state index >= 15 is 0 Å². The zero-order valence-electron chi connectivity index (χ0n) is 25.3. The summed E-state index contributed by atoms with van der Waals surface area (Å²) in [6, 6.07) is 0. The van der Waals surface area contributed by atoms with Gasteiger partial charge in [-0.3, -0.25) is 0 Å². The molecule has 0 aromatic heterocycles. The number of epoxide rings is 1. The highest BCUT2D eigenvalue weighted by Crippen LogP contribution is 2.69. The van der Waals surface area contributed by atoms with Crippen molar-refractivity contribution in [1.29, 1.82) is 0 Å². The Morgan fingerprint density at radius 3 is 2.42 bits per heavy atom. The van der Waals surface area contributed by atoms with Gasteiger partial charge in [-0.25, -0.2) is 0 Å². The smallest absolute Gasteiger partial charge is 0.192 e. The van der Waals surface area contributed by atoms with Gasteiger partial charge in [0.05, 0.1) is 12.2 Å². The Morgan fingerprint density at radius 1 is 1.06 bits per heavy atom. The van der Waals surface area contributed by atoms with Crippen LogP contribution in [0.5, 0.6) is 0 Å². The van der Waals surface area contributed by atoms with Crippen molar-refractivity contribution in [2.75, 3.05) is 6.61 Å². The first-order valence-corrected chi connectivity index (χ1v) is 18.6. The van der Waals surface area contributed by atoms with Crippen molar-refractivity contribution in [3.63, 3.8) is 0 Å². The third-order valence-corrected chi connectivity index (χ3v) is 17.4. The van der Waals surface area contributed by atoms with E-state index in [2.05, 4.69) is 67.6 Å². The zero-order valence-corrected chi connectivity index (χ0v) is 26.3. The second kappa shape index (κ2) is 9.22. The molecule has 4 aliphatic carbocycles. The Labute approximate surface area is 224 Å². The molecule has 0 spiro atoms. The van der Waals surface area contributed by atoms with E-state index in [0.717, 1.165) is 36.2 Å². The van der Waals surface area contributed by atoms with E-state index in [4.69, 9.17) is 9.16 Å². The average Bonchev–Trinajstić information content (AvgIpc) is 3.45. The van der Waals surface area contributed by atoms with Gasteiger partial charge in [0.1, 0.15) is 0 Å². The summed E-state index contributed by atoms with van der Waals surface area (Å²) in [5, 5.41) is 0.296. The van der Waals surface area contributed by atoms with Gasteiger partial charge in [0, 0.05) is 6.10 Å². The van der Waals surface area contributed by atoms with E-state index in [0.29, 0.717) is 22.0 Å². The van der Waals surface area contributed by atoms with Crippen molar-refractivity contribution < 1.29 is 9.16 Å². The number of rotatable bonds is 7. The van der Waals surface area contributed by atoms with Gasteiger partial charge >= 0.3 is 0 Å². The van der Waals surface area contributed by atoms with Crippen LogP contribution in [0.3, 0.4) is 0 Å². The molecule has 5 aliphatic rings. The first-order valence-electron chi connectivity index (χ1n) is 15.7. The summed E-state index contributed by atoms with van der Waals surface area (Å²) in [6.45, 7) is 23.1. The van der Waals surface area contributed by atoms with Crippen LogP contribution in [0.25, 0.3) is 0 Å². The van der Waals surface area contributed by atoms with Crippen molar-refractivity contribution in [2.24, 2.45) is 40.4 Å². The van der Waals surface area contributed by atoms with Gasteiger partial charge in [0.25, 0.3) is 0 Å². The molecule has 4 fully saturated rings. The molecule has 0 radical (unpaired) electrons. The number of hydrogen-bond acceptors (Lipinski definition) is 2. The standard InChI is InChI=1S/C33H58O2Si/c1-23(2)11-10-18-33(22-34-33)29-15-14-27-26-13-12-24-21-25(35-36(8,9)30(3,4)5)16-19-31(24,6)28(26)17-20-32(27,29)7/h12,23,25-29H,10-11,13-22H2,1-9H3/t25?,26-,27-,28-,29-,31-,32-,33-/m0/s1. The van der Waals surface area contributed by atoms with Crippen LogP contribution in [0.2, 0.25) is 18.1 Å². The summed E-state index contributed by atoms with van der Waals surface area (Å²) in [4.78, 5) is 0. The monoisotopic (exact) mass is 514 g/mol. The minimum Gasteiger partial charge on any atom is -0.414 e. The van der Waals surface area contributed by atoms with Crippen LogP contribution in [0.15, 0.2) is 11.6 Å². The third-order valence-electron chi connectivity index (χ3n) is 12.9. The average molecular weight is 515 g/mol. The molecule has 1 heterocycles. The van der Waals surface area contributed by atoms with E-state index in [1.807, 2.05) is 0 Å². The van der Waals surface area contributed by atoms with Crippen molar-refractivity contribution in [2.45, 2.75) is 149 Å². The van der Waals surface area contributed by atoms with E-state index in [1.165, 1.54) is 70.6 Å². The van der Waals surface area contributed by atoms with Crippen LogP contribution in [-0.2, 0) is 9.16 Å². The molecule has 0 bridgehead atoms. The summed E-state index contributed by atoms with van der Waals surface area (Å²) in [5.41, 5.74) is 2.93. The highest BCUT2D eigenvalue weighted by atomic mass is 28.4. The highest BCUT2D eigenvalue weighted by molar-refractivity contribution is 6.74. The molecule has 1 unspecified atom stereocenters. The number of allylic oxidation sites excluding steroid dienone is 1. The Morgan fingerprint density at radius 2 is 1.78 bits per heavy atom. The minimum atomic E-state index is -1.71. The van der Waals surface area contributed by atoms with Crippen molar-refractivity contribution in [3.05, 3.63) is 11.6 Å². The molecule has 2 nitrogen and oxygen atoms in total. The Balaban J connectivity index is 1.29. The van der Waals surface area contributed by atoms with E-state index in [1.54, 1.807) is 5.57 Å². The second-order valence-corrected chi connectivity index (χ2v) is 21.1. The molecule has 206 valence electrons.